The molecule has 1 aromatic carbocycles. The van der Waals surface area contributed by atoms with E-state index in [1.165, 1.54) is 19.2 Å². The number of nitrogens with one attached hydrogen (secondary N) is 1. The van der Waals surface area contributed by atoms with Crippen LogP contribution < -0.4 is 44.7 Å². The minimum absolute atomic E-state index is 0. The largest absolute Gasteiger partial charge is 1.00 e. The van der Waals surface area contributed by atoms with E-state index < -0.39 is 5.97 Å². The monoisotopic (exact) mass is 317 g/mol. The number of aromatic hydroxyl groups is 1. The Hall–Kier alpha value is -1.24. The molecule has 2 N–H and O–H groups in total. The van der Waals surface area contributed by atoms with Crippen LogP contribution in [-0.4, -0.2) is 30.6 Å². The summed E-state index contributed by atoms with van der Waals surface area (Å²) in [7, 11) is 1.48. The Morgan fingerprint density at radius 2 is 1.91 bits per heavy atom. The molecule has 0 aliphatic carbocycles. The summed E-state index contributed by atoms with van der Waals surface area (Å²) in [6, 6.07) is 4.49. The molecular weight excluding hydrogens is 297 g/mol. The summed E-state index contributed by atoms with van der Waals surface area (Å²) in [4.78, 5) is 22.1. The van der Waals surface area contributed by atoms with Crippen molar-refractivity contribution in [3.05, 3.63) is 23.8 Å². The molecule has 0 saturated carbocycles. The Balaban J connectivity index is 0.00000441. The second kappa shape index (κ2) is 11.3. The fourth-order valence-electron chi connectivity index (χ4n) is 1.88. The van der Waals surface area contributed by atoms with Crippen molar-refractivity contribution < 1.29 is 54.1 Å². The molecule has 0 spiro atoms. The van der Waals surface area contributed by atoms with E-state index in [9.17, 15) is 19.8 Å². The van der Waals surface area contributed by atoms with Gasteiger partial charge in [0, 0.05) is 18.6 Å². The van der Waals surface area contributed by atoms with Gasteiger partial charge in [0.1, 0.15) is 11.5 Å². The van der Waals surface area contributed by atoms with Gasteiger partial charge in [-0.15, -0.1) is 0 Å². The zero-order valence-corrected chi connectivity index (χ0v) is 15.1. The zero-order chi connectivity index (χ0) is 15.7. The molecule has 0 saturated heterocycles. The molecule has 0 unspecified atom stereocenters. The third-order valence-electron chi connectivity index (χ3n) is 3.04. The van der Waals surface area contributed by atoms with Crippen LogP contribution in [0.4, 0.5) is 0 Å². The van der Waals surface area contributed by atoms with Gasteiger partial charge in [-0.25, -0.2) is 0 Å². The topological polar surface area (TPSA) is 98.7 Å². The molecule has 0 aromatic heterocycles. The van der Waals surface area contributed by atoms with Gasteiger partial charge in [-0.05, 0) is 31.4 Å². The predicted octanol–water partition coefficient (Wildman–Crippen LogP) is -2.16. The first-order valence-electron chi connectivity index (χ1n) is 6.89. The van der Waals surface area contributed by atoms with Gasteiger partial charge in [0.05, 0.1) is 12.7 Å². The smallest absolute Gasteiger partial charge is 0.550 e. The molecule has 0 fully saturated rings. The Bertz CT molecular complexity index is 493. The van der Waals surface area contributed by atoms with E-state index in [-0.39, 0.29) is 53.2 Å². The van der Waals surface area contributed by atoms with E-state index in [2.05, 4.69) is 5.32 Å². The SMILES string of the molecule is COc1ccc(C(=O)NCCCCCCC(=O)[O-])c(O)c1.[Na+]. The Morgan fingerprint density at radius 1 is 1.23 bits per heavy atom. The number of rotatable bonds is 9. The number of carboxylic acid groups (broad SMARTS) is 1. The molecule has 22 heavy (non-hydrogen) atoms. The number of amides is 1. The summed E-state index contributed by atoms with van der Waals surface area (Å²) < 4.78 is 4.94. The second-order valence-corrected chi connectivity index (χ2v) is 4.68. The number of aliphatic carboxylic acids is 1. The van der Waals surface area contributed by atoms with E-state index in [0.717, 1.165) is 19.3 Å². The normalized spacial score (nSPS) is 9.68. The molecule has 1 aromatic rings. The van der Waals surface area contributed by atoms with Gasteiger partial charge in [0.25, 0.3) is 5.91 Å². The van der Waals surface area contributed by atoms with Crippen LogP contribution >= 0.6 is 0 Å². The number of phenolic OH excluding ortho intramolecular Hbond substituents is 1. The van der Waals surface area contributed by atoms with Crippen LogP contribution in [0.3, 0.4) is 0 Å². The maximum absolute atomic E-state index is 11.8. The fraction of sp³-hybridized carbons (Fsp3) is 0.467. The number of unbranched alkanes of at least 4 members (excludes halogenated alkanes) is 3. The molecule has 0 bridgehead atoms. The van der Waals surface area contributed by atoms with Crippen molar-refractivity contribution in [2.24, 2.45) is 0 Å². The maximum atomic E-state index is 11.8. The van der Waals surface area contributed by atoms with Gasteiger partial charge in [-0.3, -0.25) is 4.79 Å². The summed E-state index contributed by atoms with van der Waals surface area (Å²) in [5, 5.41) is 22.6. The van der Waals surface area contributed by atoms with Crippen molar-refractivity contribution in [2.45, 2.75) is 32.1 Å². The van der Waals surface area contributed by atoms with Crippen LogP contribution in [0.5, 0.6) is 11.5 Å². The first-order valence-corrected chi connectivity index (χ1v) is 6.89. The maximum Gasteiger partial charge on any atom is 1.00 e. The fourth-order valence-corrected chi connectivity index (χ4v) is 1.88. The molecule has 0 aliphatic rings. The number of carboxylic acids is 1. The van der Waals surface area contributed by atoms with Crippen molar-refractivity contribution in [3.63, 3.8) is 0 Å². The van der Waals surface area contributed by atoms with Crippen molar-refractivity contribution in [3.8, 4) is 11.5 Å². The average molecular weight is 317 g/mol. The van der Waals surface area contributed by atoms with Crippen molar-refractivity contribution >= 4 is 11.9 Å². The van der Waals surface area contributed by atoms with Crippen molar-refractivity contribution in [2.75, 3.05) is 13.7 Å². The van der Waals surface area contributed by atoms with Crippen LogP contribution in [0.15, 0.2) is 18.2 Å². The van der Waals surface area contributed by atoms with E-state index in [1.807, 2.05) is 0 Å². The first kappa shape index (κ1) is 20.8. The van der Waals surface area contributed by atoms with Crippen molar-refractivity contribution in [1.29, 1.82) is 0 Å². The number of ether oxygens (including phenoxy) is 1. The molecule has 6 nitrogen and oxygen atoms in total. The standard InChI is InChI=1S/C15H21NO5.Na/c1-21-11-7-8-12(13(17)10-11)15(20)16-9-5-3-2-4-6-14(18)19;/h7-8,10,17H,2-6,9H2,1H3,(H,16,20)(H,18,19);/q;+1/p-1. The first-order chi connectivity index (χ1) is 10.0. The number of hydrogen-bond acceptors (Lipinski definition) is 5. The third kappa shape index (κ3) is 7.68. The van der Waals surface area contributed by atoms with Gasteiger partial charge in [0.2, 0.25) is 0 Å². The number of phenols is 1. The second-order valence-electron chi connectivity index (χ2n) is 4.68. The molecule has 0 radical (unpaired) electrons. The summed E-state index contributed by atoms with van der Waals surface area (Å²) >= 11 is 0. The van der Waals surface area contributed by atoms with Gasteiger partial charge < -0.3 is 25.1 Å². The molecule has 0 heterocycles. The van der Waals surface area contributed by atoms with E-state index in [0.29, 0.717) is 18.7 Å². The molecule has 1 rings (SSSR count). The minimum Gasteiger partial charge on any atom is -0.550 e. The molecule has 0 aliphatic heterocycles. The zero-order valence-electron chi connectivity index (χ0n) is 13.1. The predicted molar refractivity (Wildman–Crippen MR) is 75.1 cm³/mol. The van der Waals surface area contributed by atoms with Crippen molar-refractivity contribution in [1.82, 2.24) is 5.32 Å². The van der Waals surface area contributed by atoms with Crippen LogP contribution in [0.2, 0.25) is 0 Å². The molecule has 1 amide bonds. The summed E-state index contributed by atoms with van der Waals surface area (Å²) in [6.07, 6.45) is 3.05. The molecule has 7 heteroatoms. The van der Waals surface area contributed by atoms with Gasteiger partial charge in [-0.1, -0.05) is 12.8 Å². The number of hydrogen-bond donors (Lipinski definition) is 2. The van der Waals surface area contributed by atoms with Crippen LogP contribution in [-0.2, 0) is 4.79 Å². The Morgan fingerprint density at radius 3 is 2.50 bits per heavy atom. The number of methoxy groups -OCH3 is 1. The summed E-state index contributed by atoms with van der Waals surface area (Å²) in [5.41, 5.74) is 0.202. The van der Waals surface area contributed by atoms with E-state index in [1.54, 1.807) is 6.07 Å². The molecule has 0 atom stereocenters. The van der Waals surface area contributed by atoms with Gasteiger partial charge >= 0.3 is 29.6 Å². The molecule has 116 valence electrons. The number of carbonyl (C=O) groups is 2. The summed E-state index contributed by atoms with van der Waals surface area (Å²) in [6.45, 7) is 0.482. The average Bonchev–Trinajstić information content (AvgIpc) is 2.45. The van der Waals surface area contributed by atoms with Gasteiger partial charge in [0.15, 0.2) is 0 Å². The molecular formula is C15H20NNaO5. The van der Waals surface area contributed by atoms with Crippen LogP contribution in [0.25, 0.3) is 0 Å². The number of benzene rings is 1. The quantitative estimate of drug-likeness (QED) is 0.399. The van der Waals surface area contributed by atoms with Crippen LogP contribution in [0, 0.1) is 0 Å². The summed E-state index contributed by atoms with van der Waals surface area (Å²) in [5.74, 6) is -1.01. The number of carbonyl (C=O) groups excluding carboxylic acids is 2. The minimum atomic E-state index is -1.03. The van der Waals surface area contributed by atoms with E-state index >= 15 is 0 Å². The third-order valence-corrected chi connectivity index (χ3v) is 3.04. The van der Waals surface area contributed by atoms with Crippen LogP contribution in [0.1, 0.15) is 42.5 Å². The Kier molecular flexibility index (Phi) is 10.7. The van der Waals surface area contributed by atoms with E-state index in [4.69, 9.17) is 4.74 Å². The van der Waals surface area contributed by atoms with Gasteiger partial charge in [-0.2, -0.15) is 0 Å². The Labute approximate surface area is 152 Å².